The number of rotatable bonds is 7. The maximum Gasteiger partial charge on any atom is 0.228 e. The topological polar surface area (TPSA) is 102 Å². The number of anilines is 2. The van der Waals surface area contributed by atoms with Gasteiger partial charge in [-0.1, -0.05) is 23.7 Å². The first kappa shape index (κ1) is 25.6. The van der Waals surface area contributed by atoms with Gasteiger partial charge in [0.05, 0.1) is 22.2 Å². The largest absolute Gasteiger partial charge is 0.317 e. The van der Waals surface area contributed by atoms with E-state index < -0.39 is 14.6 Å². The molecule has 10 heteroatoms. The van der Waals surface area contributed by atoms with E-state index in [0.717, 1.165) is 42.8 Å². The Morgan fingerprint density at radius 1 is 1.20 bits per heavy atom. The summed E-state index contributed by atoms with van der Waals surface area (Å²) in [6, 6.07) is 7.87. The van der Waals surface area contributed by atoms with Gasteiger partial charge in [0.1, 0.15) is 0 Å². The maximum atomic E-state index is 12.7. The molecule has 0 amide bonds. The molecule has 0 radical (unpaired) electrons. The van der Waals surface area contributed by atoms with Crippen LogP contribution in [0.1, 0.15) is 62.0 Å². The lowest BCUT2D eigenvalue weighted by Crippen LogP contribution is -2.29. The Bertz CT molecular complexity index is 1290. The normalized spacial score (nSPS) is 15.3. The molecule has 4 rings (SSSR count). The van der Waals surface area contributed by atoms with Gasteiger partial charge in [0.2, 0.25) is 5.95 Å². The van der Waals surface area contributed by atoms with E-state index in [0.29, 0.717) is 34.8 Å². The molecule has 0 unspecified atom stereocenters. The number of benzene rings is 1. The fourth-order valence-corrected chi connectivity index (χ4v) is 5.32. The third-order valence-electron chi connectivity index (χ3n) is 6.37. The van der Waals surface area contributed by atoms with Crippen molar-refractivity contribution >= 4 is 33.2 Å². The first-order valence-electron chi connectivity index (χ1n) is 11.9. The number of aromatic nitrogens is 4. The molecule has 1 fully saturated rings. The van der Waals surface area contributed by atoms with E-state index in [9.17, 15) is 8.42 Å². The van der Waals surface area contributed by atoms with Crippen LogP contribution in [0.3, 0.4) is 0 Å². The number of halogens is 1. The molecule has 3 aromatic rings. The lowest BCUT2D eigenvalue weighted by molar-refractivity contribution is 0.344. The van der Waals surface area contributed by atoms with Gasteiger partial charge in [0.25, 0.3) is 0 Å². The van der Waals surface area contributed by atoms with Crippen LogP contribution < -0.4 is 10.6 Å². The fraction of sp³-hybridized carbons (Fsp3) is 0.480. The van der Waals surface area contributed by atoms with Crippen molar-refractivity contribution in [3.8, 4) is 0 Å². The van der Waals surface area contributed by atoms with Gasteiger partial charge in [-0.2, -0.15) is 5.10 Å². The van der Waals surface area contributed by atoms with Gasteiger partial charge >= 0.3 is 0 Å². The van der Waals surface area contributed by atoms with Crippen molar-refractivity contribution in [3.05, 3.63) is 64.1 Å². The van der Waals surface area contributed by atoms with Crippen LogP contribution in [0.25, 0.3) is 0 Å². The summed E-state index contributed by atoms with van der Waals surface area (Å²) in [5.74, 6) is 1.09. The number of nitrogens with one attached hydrogen (secondary N) is 2. The van der Waals surface area contributed by atoms with Crippen molar-refractivity contribution < 1.29 is 8.42 Å². The molecule has 1 aromatic carbocycles. The lowest BCUT2D eigenvalue weighted by Gasteiger charge is -2.22. The highest BCUT2D eigenvalue weighted by Gasteiger charge is 2.29. The van der Waals surface area contributed by atoms with Crippen LogP contribution in [0.4, 0.5) is 11.8 Å². The zero-order chi connectivity index (χ0) is 25.2. The van der Waals surface area contributed by atoms with E-state index >= 15 is 0 Å². The minimum atomic E-state index is -3.35. The van der Waals surface area contributed by atoms with Crippen molar-refractivity contribution in [2.75, 3.05) is 18.4 Å². The molecule has 2 aromatic heterocycles. The third kappa shape index (κ3) is 6.20. The highest BCUT2D eigenvalue weighted by atomic mass is 35.5. The number of hydrogen-bond donors (Lipinski definition) is 2. The highest BCUT2D eigenvalue weighted by Crippen LogP contribution is 2.27. The van der Waals surface area contributed by atoms with E-state index in [2.05, 4.69) is 20.7 Å². The molecule has 0 saturated carbocycles. The summed E-state index contributed by atoms with van der Waals surface area (Å²) in [6.45, 7) is 9.08. The fourth-order valence-electron chi connectivity index (χ4n) is 3.97. The first-order chi connectivity index (χ1) is 16.5. The van der Waals surface area contributed by atoms with Crippen LogP contribution >= 0.6 is 11.6 Å². The Morgan fingerprint density at radius 3 is 2.66 bits per heavy atom. The SMILES string of the molecule is Cc1cnc(Nc2ccn(C3CCNCC3)n2)nc1Cc1ccc(Cl)c(CS(=O)(=O)C(C)(C)C)c1. The average molecular weight is 517 g/mol. The predicted octanol–water partition coefficient (Wildman–Crippen LogP) is 4.61. The number of piperidine rings is 1. The zero-order valence-corrected chi connectivity index (χ0v) is 22.2. The Balaban J connectivity index is 1.50. The van der Waals surface area contributed by atoms with Crippen molar-refractivity contribution in [3.63, 3.8) is 0 Å². The summed E-state index contributed by atoms with van der Waals surface area (Å²) < 4.78 is 26.6. The number of aryl methyl sites for hydroxylation is 1. The molecule has 2 N–H and O–H groups in total. The summed E-state index contributed by atoms with van der Waals surface area (Å²) in [5.41, 5.74) is 3.35. The van der Waals surface area contributed by atoms with E-state index in [1.54, 1.807) is 33.0 Å². The monoisotopic (exact) mass is 516 g/mol. The van der Waals surface area contributed by atoms with Gasteiger partial charge in [-0.05, 0) is 76.4 Å². The van der Waals surface area contributed by atoms with Crippen molar-refractivity contribution in [2.45, 2.75) is 63.5 Å². The van der Waals surface area contributed by atoms with Crippen LogP contribution in [-0.4, -0.2) is 46.0 Å². The summed E-state index contributed by atoms with van der Waals surface area (Å²) in [6.07, 6.45) is 6.44. The van der Waals surface area contributed by atoms with Gasteiger partial charge in [-0.3, -0.25) is 4.68 Å². The van der Waals surface area contributed by atoms with Crippen molar-refractivity contribution in [1.29, 1.82) is 0 Å². The van der Waals surface area contributed by atoms with Crippen LogP contribution in [0, 0.1) is 6.92 Å². The Labute approximate surface area is 212 Å². The molecule has 1 aliphatic heterocycles. The molecule has 0 atom stereocenters. The molecule has 188 valence electrons. The van der Waals surface area contributed by atoms with Crippen LogP contribution in [0.5, 0.6) is 0 Å². The Kier molecular flexibility index (Phi) is 7.49. The minimum Gasteiger partial charge on any atom is -0.317 e. The Hall–Kier alpha value is -2.49. The highest BCUT2D eigenvalue weighted by molar-refractivity contribution is 7.91. The predicted molar refractivity (Wildman–Crippen MR) is 140 cm³/mol. The van der Waals surface area contributed by atoms with E-state index in [-0.39, 0.29) is 5.75 Å². The van der Waals surface area contributed by atoms with Crippen LogP contribution in [0.15, 0.2) is 36.7 Å². The first-order valence-corrected chi connectivity index (χ1v) is 13.9. The summed E-state index contributed by atoms with van der Waals surface area (Å²) in [5, 5.41) is 11.7. The van der Waals surface area contributed by atoms with E-state index in [4.69, 9.17) is 16.6 Å². The molecule has 0 spiro atoms. The third-order valence-corrected chi connectivity index (χ3v) is 9.29. The van der Waals surface area contributed by atoms with Crippen LogP contribution in [0.2, 0.25) is 5.02 Å². The second-order valence-corrected chi connectivity index (χ2v) is 13.2. The summed E-state index contributed by atoms with van der Waals surface area (Å²) in [4.78, 5) is 9.14. The molecule has 35 heavy (non-hydrogen) atoms. The summed E-state index contributed by atoms with van der Waals surface area (Å²) >= 11 is 6.35. The minimum absolute atomic E-state index is 0.0988. The average Bonchev–Trinajstić information content (AvgIpc) is 3.26. The Morgan fingerprint density at radius 2 is 1.94 bits per heavy atom. The van der Waals surface area contributed by atoms with Crippen LogP contribution in [-0.2, 0) is 22.0 Å². The molecular formula is C25H33ClN6O2S. The molecule has 0 bridgehead atoms. The number of nitrogens with zero attached hydrogens (tertiary/aromatic N) is 4. The van der Waals surface area contributed by atoms with E-state index in [1.807, 2.05) is 36.0 Å². The van der Waals surface area contributed by atoms with Gasteiger partial charge in [0.15, 0.2) is 15.7 Å². The van der Waals surface area contributed by atoms with Gasteiger partial charge in [-0.25, -0.2) is 18.4 Å². The second kappa shape index (κ2) is 10.2. The molecule has 1 saturated heterocycles. The van der Waals surface area contributed by atoms with Crippen molar-refractivity contribution in [2.24, 2.45) is 0 Å². The molecule has 0 aliphatic carbocycles. The maximum absolute atomic E-state index is 12.7. The zero-order valence-electron chi connectivity index (χ0n) is 20.7. The standard InChI is InChI=1S/C25H33ClN6O2S/c1-17-15-28-24(30-23-9-12-32(31-23)20-7-10-27-11-8-20)29-22(17)14-18-5-6-21(26)19(13-18)16-35(33,34)25(2,3)4/h5-6,9,12-13,15,20,27H,7-8,10-11,14,16H2,1-4H3,(H,28,29,30,31). The van der Waals surface area contributed by atoms with Gasteiger partial charge in [0, 0.05) is 29.9 Å². The number of sulfone groups is 1. The molecule has 1 aliphatic rings. The smallest absolute Gasteiger partial charge is 0.228 e. The molecular weight excluding hydrogens is 484 g/mol. The quantitative estimate of drug-likeness (QED) is 0.473. The lowest BCUT2D eigenvalue weighted by atomic mass is 10.0. The van der Waals surface area contributed by atoms with Crippen molar-refractivity contribution in [1.82, 2.24) is 25.1 Å². The van der Waals surface area contributed by atoms with Gasteiger partial charge in [-0.15, -0.1) is 0 Å². The number of hydrogen-bond acceptors (Lipinski definition) is 7. The van der Waals surface area contributed by atoms with E-state index in [1.165, 1.54) is 0 Å². The molecule has 8 nitrogen and oxygen atoms in total. The summed E-state index contributed by atoms with van der Waals surface area (Å²) in [7, 11) is -3.35. The van der Waals surface area contributed by atoms with Gasteiger partial charge < -0.3 is 10.6 Å². The second-order valence-electron chi connectivity index (χ2n) is 10.1. The molecule has 3 heterocycles.